The van der Waals surface area contributed by atoms with Gasteiger partial charge in [-0.2, -0.15) is 0 Å². The molecule has 0 unspecified atom stereocenters. The van der Waals surface area contributed by atoms with Crippen molar-refractivity contribution in [3.05, 3.63) is 63.1 Å². The lowest BCUT2D eigenvalue weighted by atomic mass is 10.0. The van der Waals surface area contributed by atoms with Gasteiger partial charge in [-0.05, 0) is 12.5 Å². The number of aromatic carboxylic acids is 1. The maximum atomic E-state index is 12.6. The molecule has 1 amide bonds. The van der Waals surface area contributed by atoms with Gasteiger partial charge in [0.25, 0.3) is 5.69 Å². The van der Waals surface area contributed by atoms with Crippen molar-refractivity contribution in [2.24, 2.45) is 0 Å². The lowest BCUT2D eigenvalue weighted by Crippen LogP contribution is -2.12. The van der Waals surface area contributed by atoms with Gasteiger partial charge in [0.2, 0.25) is 11.7 Å². The molecule has 0 bridgehead atoms. The van der Waals surface area contributed by atoms with Crippen LogP contribution in [0.3, 0.4) is 0 Å². The van der Waals surface area contributed by atoms with E-state index in [0.717, 1.165) is 19.0 Å². The van der Waals surface area contributed by atoms with Gasteiger partial charge in [-0.1, -0.05) is 96.8 Å². The van der Waals surface area contributed by atoms with E-state index in [9.17, 15) is 41.7 Å². The first kappa shape index (κ1) is 37.4. The molecule has 0 aliphatic rings. The lowest BCUT2D eigenvalue weighted by molar-refractivity contribution is -0.385. The molecule has 2 aromatic rings. The van der Waals surface area contributed by atoms with Gasteiger partial charge in [0.05, 0.1) is 4.92 Å². The molecule has 0 aliphatic carbocycles. The van der Waals surface area contributed by atoms with Gasteiger partial charge in [-0.15, -0.1) is 0 Å². The number of nitrogens with zero attached hydrogens (tertiary/aromatic N) is 2. The third-order valence-corrected chi connectivity index (χ3v) is 6.66. The van der Waals surface area contributed by atoms with Crippen LogP contribution in [-0.2, 0) is 4.79 Å². The number of carboxylic acid groups (broad SMARTS) is 1. The minimum Gasteiger partial charge on any atom is -0.477 e. The molecule has 0 aliphatic heterocycles. The summed E-state index contributed by atoms with van der Waals surface area (Å²) in [7, 11) is 0. The van der Waals surface area contributed by atoms with Crippen LogP contribution in [0, 0.1) is 39.2 Å². The Morgan fingerprint density at radius 1 is 0.744 bits per heavy atom. The Labute approximate surface area is 248 Å². The van der Waals surface area contributed by atoms with E-state index in [-0.39, 0.29) is 11.6 Å². The molecule has 1 heterocycles. The molecule has 0 saturated heterocycles. The van der Waals surface area contributed by atoms with Crippen LogP contribution >= 0.6 is 0 Å². The topological polar surface area (TPSA) is 122 Å². The molecule has 13 heteroatoms. The van der Waals surface area contributed by atoms with Gasteiger partial charge in [0, 0.05) is 12.5 Å². The zero-order valence-corrected chi connectivity index (χ0v) is 24.4. The minimum atomic E-state index is -2.38. The van der Waals surface area contributed by atoms with Crippen molar-refractivity contribution >= 4 is 23.4 Å². The summed E-state index contributed by atoms with van der Waals surface area (Å²) in [5.74, 6) is -13.6. The van der Waals surface area contributed by atoms with Crippen molar-refractivity contribution in [3.63, 3.8) is 0 Å². The third kappa shape index (κ3) is 14.4. The molecule has 2 rings (SSSR count). The van der Waals surface area contributed by atoms with E-state index < -0.39 is 45.5 Å². The highest BCUT2D eigenvalue weighted by Crippen LogP contribution is 2.22. The first-order valence-electron chi connectivity index (χ1n) is 14.7. The van der Waals surface area contributed by atoms with Gasteiger partial charge in [-0.3, -0.25) is 14.9 Å². The number of hydrogen-bond donors (Lipinski definition) is 2. The molecule has 1 aromatic carbocycles. The number of unbranched alkanes of at least 4 members (excludes halogenated alkanes) is 14. The van der Waals surface area contributed by atoms with Crippen molar-refractivity contribution in [2.75, 3.05) is 5.32 Å². The molecule has 240 valence electrons. The summed E-state index contributed by atoms with van der Waals surface area (Å²) in [6, 6.07) is 2.80. The number of rotatable bonds is 19. The Balaban J connectivity index is 0.000000549. The Bertz CT molecular complexity index is 1140. The molecule has 0 saturated carbocycles. The van der Waals surface area contributed by atoms with Crippen LogP contribution in [0.1, 0.15) is 120 Å². The Morgan fingerprint density at radius 3 is 1.53 bits per heavy atom. The van der Waals surface area contributed by atoms with Gasteiger partial charge < -0.3 is 10.4 Å². The highest BCUT2D eigenvalue weighted by Gasteiger charge is 2.29. The fraction of sp³-hybridized carbons (Fsp3) is 0.567. The second kappa shape index (κ2) is 21.1. The first-order valence-corrected chi connectivity index (χ1v) is 14.7. The fourth-order valence-electron chi connectivity index (χ4n) is 4.22. The highest BCUT2D eigenvalue weighted by atomic mass is 19.2. The van der Waals surface area contributed by atoms with E-state index >= 15 is 0 Å². The molecule has 0 fully saturated rings. The average molecular weight is 618 g/mol. The number of nitro groups is 1. The van der Waals surface area contributed by atoms with E-state index in [1.54, 1.807) is 0 Å². The van der Waals surface area contributed by atoms with E-state index in [2.05, 4.69) is 17.2 Å². The summed E-state index contributed by atoms with van der Waals surface area (Å²) in [6.45, 7) is 2.26. The van der Waals surface area contributed by atoms with Crippen LogP contribution in [0.15, 0.2) is 18.3 Å². The molecule has 0 atom stereocenters. The number of anilines is 1. The molecule has 43 heavy (non-hydrogen) atoms. The smallest absolute Gasteiger partial charge is 0.341 e. The Morgan fingerprint density at radius 2 is 1.16 bits per heavy atom. The lowest BCUT2D eigenvalue weighted by Gasteiger charge is -2.05. The normalized spacial score (nSPS) is 10.7. The Kier molecular flexibility index (Phi) is 18.4. The number of aromatic nitrogens is 1. The average Bonchev–Trinajstić information content (AvgIpc) is 2.97. The molecular formula is C30H40F5N3O5. The standard InChI is InChI=1S/C23H39N3O3.C7HF5O2/c1-2-3-4-5-6-7-8-9-10-11-12-13-14-15-16-17-23(27)25-22-19-18-21(20-24-22)26(28)29;8-2-1(7(13)14)3(9)5(11)6(12)4(2)10/h18-20H,2-17H2,1H3,(H,24,25,27);(H,13,14). The van der Waals surface area contributed by atoms with Crippen molar-refractivity contribution in [1.29, 1.82) is 0 Å². The van der Waals surface area contributed by atoms with Crippen molar-refractivity contribution < 1.29 is 41.6 Å². The van der Waals surface area contributed by atoms with Gasteiger partial charge >= 0.3 is 5.97 Å². The second-order valence-electron chi connectivity index (χ2n) is 10.2. The van der Waals surface area contributed by atoms with Crippen molar-refractivity contribution in [2.45, 2.75) is 110 Å². The van der Waals surface area contributed by atoms with Crippen molar-refractivity contribution in [3.8, 4) is 0 Å². The summed E-state index contributed by atoms with van der Waals surface area (Å²) in [5, 5.41) is 21.4. The quantitative estimate of drug-likeness (QED) is 0.0405. The van der Waals surface area contributed by atoms with Crippen LogP contribution in [0.2, 0.25) is 0 Å². The number of carbonyl (C=O) groups is 2. The molecule has 2 N–H and O–H groups in total. The maximum absolute atomic E-state index is 12.6. The SMILES string of the molecule is CCCCCCCCCCCCCCCCCC(=O)Nc1ccc([N+](=O)[O-])cn1.O=C(O)c1c(F)c(F)c(F)c(F)c1F. The largest absolute Gasteiger partial charge is 0.477 e. The predicted molar refractivity (Wildman–Crippen MR) is 152 cm³/mol. The van der Waals surface area contributed by atoms with Crippen LogP contribution in [0.25, 0.3) is 0 Å². The molecule has 0 radical (unpaired) electrons. The fourth-order valence-corrected chi connectivity index (χ4v) is 4.22. The number of benzene rings is 1. The zero-order valence-electron chi connectivity index (χ0n) is 24.4. The molecule has 1 aromatic heterocycles. The summed E-state index contributed by atoms with van der Waals surface area (Å²) in [5.41, 5.74) is -1.94. The maximum Gasteiger partial charge on any atom is 0.341 e. The van der Waals surface area contributed by atoms with Crippen molar-refractivity contribution in [1.82, 2.24) is 4.98 Å². The zero-order chi connectivity index (χ0) is 32.2. The molecule has 8 nitrogen and oxygen atoms in total. The summed E-state index contributed by atoms with van der Waals surface area (Å²) >= 11 is 0. The highest BCUT2D eigenvalue weighted by molar-refractivity contribution is 5.89. The summed E-state index contributed by atoms with van der Waals surface area (Å²) in [6.07, 6.45) is 21.1. The Hall–Kier alpha value is -3.64. The number of carboxylic acids is 1. The number of halogens is 5. The summed E-state index contributed by atoms with van der Waals surface area (Å²) < 4.78 is 62.1. The van der Waals surface area contributed by atoms with E-state index in [1.807, 2.05) is 0 Å². The van der Waals surface area contributed by atoms with E-state index in [1.165, 1.54) is 95.6 Å². The summed E-state index contributed by atoms with van der Waals surface area (Å²) in [4.78, 5) is 36.0. The first-order chi connectivity index (χ1) is 20.5. The van der Waals surface area contributed by atoms with Crippen LogP contribution in [0.5, 0.6) is 0 Å². The molecular weight excluding hydrogens is 577 g/mol. The van der Waals surface area contributed by atoms with Gasteiger partial charge in [-0.25, -0.2) is 31.7 Å². The molecule has 0 spiro atoms. The number of nitrogens with one attached hydrogen (secondary N) is 1. The van der Waals surface area contributed by atoms with E-state index in [0.29, 0.717) is 12.2 Å². The monoisotopic (exact) mass is 617 g/mol. The predicted octanol–water partition coefficient (Wildman–Crippen LogP) is 9.27. The number of amides is 1. The van der Waals surface area contributed by atoms with Gasteiger partial charge in [0.15, 0.2) is 23.3 Å². The number of hydrogen-bond acceptors (Lipinski definition) is 5. The number of carbonyl (C=O) groups excluding carboxylic acids is 1. The minimum absolute atomic E-state index is 0.0783. The van der Waals surface area contributed by atoms with E-state index in [4.69, 9.17) is 5.11 Å². The van der Waals surface area contributed by atoms with Crippen LogP contribution in [0.4, 0.5) is 33.5 Å². The second-order valence-corrected chi connectivity index (χ2v) is 10.2. The van der Waals surface area contributed by atoms with Gasteiger partial charge in [0.1, 0.15) is 17.6 Å². The van der Waals surface area contributed by atoms with Crippen LogP contribution < -0.4 is 5.32 Å². The number of pyridine rings is 1. The van der Waals surface area contributed by atoms with Crippen LogP contribution in [-0.4, -0.2) is 26.9 Å². The third-order valence-electron chi connectivity index (χ3n) is 6.66.